The molecule has 15 heavy (non-hydrogen) atoms. The highest BCUT2D eigenvalue weighted by Crippen LogP contribution is 2.24. The summed E-state index contributed by atoms with van der Waals surface area (Å²) in [6.07, 6.45) is 5.00. The van der Waals surface area contributed by atoms with Gasteiger partial charge in [-0.15, -0.1) is 4.91 Å². The zero-order valence-corrected chi connectivity index (χ0v) is 8.51. The Hall–Kier alpha value is -1.78. The molecule has 0 radical (unpaired) electrons. The average molecular weight is 207 g/mol. The van der Waals surface area contributed by atoms with E-state index in [0.717, 1.165) is 11.8 Å². The zero-order chi connectivity index (χ0) is 11.1. The fourth-order valence-corrected chi connectivity index (χ4v) is 1.40. The lowest BCUT2D eigenvalue weighted by molar-refractivity contribution is -0.108. The van der Waals surface area contributed by atoms with Gasteiger partial charge in [-0.25, -0.2) is 0 Å². The number of nitroso groups, excluding NO2 is 1. The van der Waals surface area contributed by atoms with E-state index < -0.39 is 5.54 Å². The molecular weight excluding hydrogens is 194 g/mol. The van der Waals surface area contributed by atoms with Crippen LogP contribution in [0.2, 0.25) is 0 Å². The van der Waals surface area contributed by atoms with Gasteiger partial charge in [0.2, 0.25) is 0 Å². The van der Waals surface area contributed by atoms with Crippen molar-refractivity contribution < 1.29 is 4.79 Å². The normalized spacial score (nSPS) is 13.9. The van der Waals surface area contributed by atoms with Gasteiger partial charge in [0.25, 0.3) is 0 Å². The fraction of sp³-hybridized carbons (Fsp3) is 0.400. The Balaban J connectivity index is 2.89. The second-order valence-electron chi connectivity index (χ2n) is 3.48. The van der Waals surface area contributed by atoms with Crippen molar-refractivity contribution in [2.24, 2.45) is 5.29 Å². The van der Waals surface area contributed by atoms with Crippen LogP contribution in [0.1, 0.15) is 25.3 Å². The lowest BCUT2D eigenvalue weighted by atomic mass is 9.89. The topological polar surface area (TPSA) is 71.4 Å². The summed E-state index contributed by atoms with van der Waals surface area (Å²) in [5, 5.41) is 2.69. The molecule has 1 aromatic heterocycles. The van der Waals surface area contributed by atoms with E-state index in [1.807, 2.05) is 13.0 Å². The molecule has 1 unspecified atom stereocenters. The highest BCUT2D eigenvalue weighted by Gasteiger charge is 2.26. The van der Waals surface area contributed by atoms with Crippen molar-refractivity contribution >= 4 is 6.29 Å². The van der Waals surface area contributed by atoms with Crippen LogP contribution in [0, 0.1) is 4.91 Å². The second kappa shape index (κ2) is 5.19. The van der Waals surface area contributed by atoms with Crippen LogP contribution in [0.4, 0.5) is 0 Å². The fourth-order valence-electron chi connectivity index (χ4n) is 1.40. The highest BCUT2D eigenvalue weighted by atomic mass is 16.3. The Kier molecular flexibility index (Phi) is 3.91. The van der Waals surface area contributed by atoms with Crippen LogP contribution in [0.5, 0.6) is 0 Å². The largest absolute Gasteiger partial charge is 0.303 e. The minimum Gasteiger partial charge on any atom is -0.303 e. The summed E-state index contributed by atoms with van der Waals surface area (Å²) < 4.78 is 0. The molecule has 0 saturated carbocycles. The number of aromatic nitrogens is 1. The number of hydrogen-bond acceptors (Lipinski definition) is 4. The van der Waals surface area contributed by atoms with Crippen molar-refractivity contribution in [2.75, 3.05) is 0 Å². The molecule has 1 aromatic rings. The van der Waals surface area contributed by atoms with Gasteiger partial charge >= 0.3 is 0 Å². The summed E-state index contributed by atoms with van der Waals surface area (Å²) in [6.45, 7) is 1.81. The molecule has 0 saturated heterocycles. The van der Waals surface area contributed by atoms with Gasteiger partial charge in [0, 0.05) is 18.8 Å². The molecule has 0 aliphatic carbocycles. The Morgan fingerprint density at radius 2 is 2.47 bits per heavy atom. The molecule has 1 atom stereocenters. The van der Waals surface area contributed by atoms with Gasteiger partial charge in [0.05, 0.1) is 10.8 Å². The molecule has 5 heteroatoms. The molecule has 1 rings (SSSR count). The lowest BCUT2D eigenvalue weighted by Crippen LogP contribution is -2.36. The van der Waals surface area contributed by atoms with Gasteiger partial charge < -0.3 is 4.79 Å². The minimum absolute atomic E-state index is 0.369. The standard InChI is InChI=1S/C10H13N3O2/c1-10(12-13-15,5-3-7-14)9-4-2-6-11-8-9/h2,4,6-8H,3,5H2,1H3,(H,12,15). The first-order valence-electron chi connectivity index (χ1n) is 4.66. The quantitative estimate of drug-likeness (QED) is 0.436. The van der Waals surface area contributed by atoms with Crippen LogP contribution in [0.3, 0.4) is 0 Å². The lowest BCUT2D eigenvalue weighted by Gasteiger charge is -2.27. The van der Waals surface area contributed by atoms with Crippen molar-refractivity contribution in [3.05, 3.63) is 35.0 Å². The van der Waals surface area contributed by atoms with E-state index in [9.17, 15) is 9.70 Å². The molecule has 0 fully saturated rings. The average Bonchev–Trinajstić information content (AvgIpc) is 2.28. The Bertz CT molecular complexity index is 329. The maximum absolute atomic E-state index is 10.3. The summed E-state index contributed by atoms with van der Waals surface area (Å²) in [5.41, 5.74) is 2.69. The van der Waals surface area contributed by atoms with Crippen molar-refractivity contribution in [1.82, 2.24) is 10.4 Å². The van der Waals surface area contributed by atoms with Gasteiger partial charge in [-0.05, 0) is 25.0 Å². The summed E-state index contributed by atoms with van der Waals surface area (Å²) in [5.74, 6) is 0. The number of nitrogens with zero attached hydrogens (tertiary/aromatic N) is 2. The Labute approximate surface area is 87.9 Å². The third-order valence-corrected chi connectivity index (χ3v) is 2.35. The molecule has 1 N–H and O–H groups in total. The Morgan fingerprint density at radius 3 is 3.00 bits per heavy atom. The first-order valence-corrected chi connectivity index (χ1v) is 4.66. The van der Waals surface area contributed by atoms with E-state index in [1.54, 1.807) is 18.5 Å². The number of nitrogens with one attached hydrogen (secondary N) is 1. The summed E-state index contributed by atoms with van der Waals surface area (Å²) in [6, 6.07) is 3.62. The molecule has 0 spiro atoms. The molecule has 0 aliphatic heterocycles. The van der Waals surface area contributed by atoms with Crippen LogP contribution in [0.15, 0.2) is 29.8 Å². The number of carbonyl (C=O) groups is 1. The smallest absolute Gasteiger partial charge is 0.120 e. The number of hydrogen-bond donors (Lipinski definition) is 1. The molecule has 0 amide bonds. The monoisotopic (exact) mass is 207 g/mol. The maximum atomic E-state index is 10.3. The SMILES string of the molecule is CC(CCC=O)(NN=O)c1cccnc1. The first-order chi connectivity index (χ1) is 7.23. The molecule has 0 aromatic carbocycles. The Morgan fingerprint density at radius 1 is 1.67 bits per heavy atom. The van der Waals surface area contributed by atoms with Crippen LogP contribution in [-0.2, 0) is 10.3 Å². The van der Waals surface area contributed by atoms with E-state index in [2.05, 4.69) is 15.7 Å². The van der Waals surface area contributed by atoms with E-state index in [-0.39, 0.29) is 0 Å². The number of pyridine rings is 1. The molecular formula is C10H13N3O2. The van der Waals surface area contributed by atoms with E-state index in [1.165, 1.54) is 0 Å². The predicted molar refractivity (Wildman–Crippen MR) is 55.8 cm³/mol. The van der Waals surface area contributed by atoms with Gasteiger partial charge in [0.1, 0.15) is 6.29 Å². The molecule has 1 heterocycles. The minimum atomic E-state index is -0.628. The van der Waals surface area contributed by atoms with Crippen LogP contribution in [0.25, 0.3) is 0 Å². The third kappa shape index (κ3) is 2.83. The van der Waals surface area contributed by atoms with E-state index in [0.29, 0.717) is 12.8 Å². The molecule has 0 bridgehead atoms. The summed E-state index contributed by atoms with van der Waals surface area (Å²) in [4.78, 5) is 24.6. The van der Waals surface area contributed by atoms with Crippen molar-refractivity contribution in [3.8, 4) is 0 Å². The second-order valence-corrected chi connectivity index (χ2v) is 3.48. The van der Waals surface area contributed by atoms with Crippen LogP contribution in [-0.4, -0.2) is 11.3 Å². The summed E-state index contributed by atoms with van der Waals surface area (Å²) in [7, 11) is 0. The van der Waals surface area contributed by atoms with E-state index >= 15 is 0 Å². The van der Waals surface area contributed by atoms with Crippen molar-refractivity contribution in [1.29, 1.82) is 0 Å². The van der Waals surface area contributed by atoms with Gasteiger partial charge in [0.15, 0.2) is 0 Å². The van der Waals surface area contributed by atoms with Crippen molar-refractivity contribution in [3.63, 3.8) is 0 Å². The number of rotatable bonds is 6. The van der Waals surface area contributed by atoms with Crippen LogP contribution >= 0.6 is 0 Å². The van der Waals surface area contributed by atoms with Gasteiger partial charge in [-0.3, -0.25) is 10.4 Å². The predicted octanol–water partition coefficient (Wildman–Crippen LogP) is 1.55. The number of carbonyl (C=O) groups excluding carboxylic acids is 1. The zero-order valence-electron chi connectivity index (χ0n) is 8.51. The van der Waals surface area contributed by atoms with Crippen molar-refractivity contribution in [2.45, 2.75) is 25.3 Å². The van der Waals surface area contributed by atoms with E-state index in [4.69, 9.17) is 0 Å². The third-order valence-electron chi connectivity index (χ3n) is 2.35. The van der Waals surface area contributed by atoms with Crippen LogP contribution < -0.4 is 5.43 Å². The highest BCUT2D eigenvalue weighted by molar-refractivity contribution is 5.49. The number of aldehydes is 1. The maximum Gasteiger partial charge on any atom is 0.120 e. The summed E-state index contributed by atoms with van der Waals surface area (Å²) >= 11 is 0. The van der Waals surface area contributed by atoms with Gasteiger partial charge in [-0.1, -0.05) is 6.07 Å². The molecule has 80 valence electrons. The molecule has 5 nitrogen and oxygen atoms in total. The first kappa shape index (κ1) is 11.3. The van der Waals surface area contributed by atoms with Gasteiger partial charge in [-0.2, -0.15) is 0 Å². The molecule has 0 aliphatic rings.